The number of sulfonamides is 1. The average Bonchev–Trinajstić information content (AvgIpc) is 3.10. The van der Waals surface area contributed by atoms with E-state index in [9.17, 15) is 13.2 Å². The van der Waals surface area contributed by atoms with Crippen LogP contribution in [0.3, 0.4) is 0 Å². The van der Waals surface area contributed by atoms with Crippen LogP contribution in [0, 0.1) is 13.8 Å². The summed E-state index contributed by atoms with van der Waals surface area (Å²) in [6, 6.07) is 1.63. The highest BCUT2D eigenvalue weighted by Gasteiger charge is 2.39. The van der Waals surface area contributed by atoms with E-state index in [-0.39, 0.29) is 27.9 Å². The standard InChI is InChI=1S/C18H25Cl2N3O3S/c1-11-10-14(19)12(2)17(16(11)20)27(25,26)22-8-5-13(6-9-22)23-7-3-4-15(23)18(21)24/h10,13,15H,3-9H2,1-2H3,(H2,21,24). The Kier molecular flexibility index (Phi) is 6.08. The highest BCUT2D eigenvalue weighted by Crippen LogP contribution is 2.36. The van der Waals surface area contributed by atoms with Gasteiger partial charge < -0.3 is 5.73 Å². The van der Waals surface area contributed by atoms with Crippen molar-refractivity contribution in [3.63, 3.8) is 0 Å². The molecule has 6 nitrogen and oxygen atoms in total. The van der Waals surface area contributed by atoms with Crippen LogP contribution in [0.4, 0.5) is 0 Å². The number of carbonyl (C=O) groups is 1. The minimum absolute atomic E-state index is 0.101. The molecule has 2 fully saturated rings. The van der Waals surface area contributed by atoms with Gasteiger partial charge in [0, 0.05) is 24.2 Å². The summed E-state index contributed by atoms with van der Waals surface area (Å²) in [5.74, 6) is -0.292. The molecule has 0 aromatic heterocycles. The lowest BCUT2D eigenvalue weighted by Gasteiger charge is -2.38. The molecular formula is C18H25Cl2N3O3S. The molecule has 2 N–H and O–H groups in total. The molecule has 1 aromatic rings. The molecule has 0 radical (unpaired) electrons. The quantitative estimate of drug-likeness (QED) is 0.790. The molecule has 2 aliphatic rings. The molecule has 0 bridgehead atoms. The van der Waals surface area contributed by atoms with E-state index in [0.29, 0.717) is 42.1 Å². The van der Waals surface area contributed by atoms with E-state index < -0.39 is 10.0 Å². The first-order valence-corrected chi connectivity index (χ1v) is 11.3. The lowest BCUT2D eigenvalue weighted by atomic mass is 10.0. The number of rotatable bonds is 4. The van der Waals surface area contributed by atoms with Crippen molar-refractivity contribution in [1.29, 1.82) is 0 Å². The Morgan fingerprint density at radius 1 is 1.15 bits per heavy atom. The van der Waals surface area contributed by atoms with Crippen molar-refractivity contribution < 1.29 is 13.2 Å². The van der Waals surface area contributed by atoms with Crippen LogP contribution in [0.25, 0.3) is 0 Å². The number of hydrogen-bond donors (Lipinski definition) is 1. The second kappa shape index (κ2) is 7.87. The van der Waals surface area contributed by atoms with E-state index >= 15 is 0 Å². The Labute approximate surface area is 170 Å². The smallest absolute Gasteiger partial charge is 0.244 e. The van der Waals surface area contributed by atoms with Crippen LogP contribution in [0.2, 0.25) is 10.0 Å². The molecule has 2 heterocycles. The summed E-state index contributed by atoms with van der Waals surface area (Å²) in [6.45, 7) is 5.03. The zero-order valence-electron chi connectivity index (χ0n) is 15.5. The van der Waals surface area contributed by atoms with Gasteiger partial charge in [0.15, 0.2) is 0 Å². The van der Waals surface area contributed by atoms with E-state index in [1.165, 1.54) is 4.31 Å². The zero-order chi connectivity index (χ0) is 19.9. The third kappa shape index (κ3) is 3.85. The highest BCUT2D eigenvalue weighted by atomic mass is 35.5. The van der Waals surface area contributed by atoms with E-state index in [4.69, 9.17) is 28.9 Å². The van der Waals surface area contributed by atoms with Crippen LogP contribution in [-0.4, -0.2) is 55.2 Å². The van der Waals surface area contributed by atoms with Gasteiger partial charge in [0.2, 0.25) is 15.9 Å². The highest BCUT2D eigenvalue weighted by molar-refractivity contribution is 7.89. The summed E-state index contributed by atoms with van der Waals surface area (Å²) >= 11 is 12.5. The Hall–Kier alpha value is -0.860. The number of likely N-dealkylation sites (tertiary alicyclic amines) is 1. The van der Waals surface area contributed by atoms with Crippen LogP contribution in [0.15, 0.2) is 11.0 Å². The van der Waals surface area contributed by atoms with Gasteiger partial charge in [-0.3, -0.25) is 9.69 Å². The third-order valence-electron chi connectivity index (χ3n) is 5.70. The summed E-state index contributed by atoms with van der Waals surface area (Å²) in [4.78, 5) is 13.9. The predicted molar refractivity (Wildman–Crippen MR) is 107 cm³/mol. The number of halogens is 2. The van der Waals surface area contributed by atoms with E-state index in [2.05, 4.69) is 4.90 Å². The number of primary amides is 1. The maximum Gasteiger partial charge on any atom is 0.244 e. The van der Waals surface area contributed by atoms with Gasteiger partial charge >= 0.3 is 0 Å². The normalized spacial score (nSPS) is 23.0. The summed E-state index contributed by atoms with van der Waals surface area (Å²) < 4.78 is 27.9. The lowest BCUT2D eigenvalue weighted by molar-refractivity contribution is -0.123. The van der Waals surface area contributed by atoms with Gasteiger partial charge in [-0.15, -0.1) is 0 Å². The number of piperidine rings is 1. The van der Waals surface area contributed by atoms with Crippen LogP contribution >= 0.6 is 23.2 Å². The maximum absolute atomic E-state index is 13.2. The largest absolute Gasteiger partial charge is 0.368 e. The van der Waals surface area contributed by atoms with Gasteiger partial charge in [0.05, 0.1) is 11.1 Å². The molecular weight excluding hydrogens is 409 g/mol. The van der Waals surface area contributed by atoms with Crippen molar-refractivity contribution in [2.75, 3.05) is 19.6 Å². The van der Waals surface area contributed by atoms with Gasteiger partial charge in [-0.1, -0.05) is 23.2 Å². The minimum atomic E-state index is -3.74. The van der Waals surface area contributed by atoms with E-state index in [1.807, 2.05) is 0 Å². The van der Waals surface area contributed by atoms with Crippen molar-refractivity contribution in [3.05, 3.63) is 27.2 Å². The fraction of sp³-hybridized carbons (Fsp3) is 0.611. The molecule has 9 heteroatoms. The van der Waals surface area contributed by atoms with Crippen LogP contribution in [-0.2, 0) is 14.8 Å². The van der Waals surface area contributed by atoms with Gasteiger partial charge in [-0.25, -0.2) is 8.42 Å². The Morgan fingerprint density at radius 3 is 2.37 bits per heavy atom. The molecule has 1 atom stereocenters. The van der Waals surface area contributed by atoms with Gasteiger partial charge in [-0.05, 0) is 63.3 Å². The summed E-state index contributed by atoms with van der Waals surface area (Å²) in [7, 11) is -3.74. The topological polar surface area (TPSA) is 83.7 Å². The van der Waals surface area contributed by atoms with Crippen LogP contribution < -0.4 is 5.73 Å². The second-order valence-electron chi connectivity index (χ2n) is 7.38. The molecule has 27 heavy (non-hydrogen) atoms. The zero-order valence-corrected chi connectivity index (χ0v) is 17.9. The number of hydrogen-bond acceptors (Lipinski definition) is 4. The van der Waals surface area contributed by atoms with Crippen molar-refractivity contribution in [1.82, 2.24) is 9.21 Å². The molecule has 2 saturated heterocycles. The summed E-state index contributed by atoms with van der Waals surface area (Å²) in [5, 5.41) is 0.624. The molecule has 150 valence electrons. The van der Waals surface area contributed by atoms with E-state index in [1.54, 1.807) is 19.9 Å². The van der Waals surface area contributed by atoms with Crippen molar-refractivity contribution in [2.24, 2.45) is 5.73 Å². The minimum Gasteiger partial charge on any atom is -0.368 e. The number of nitrogens with zero attached hydrogens (tertiary/aromatic N) is 2. The van der Waals surface area contributed by atoms with Crippen molar-refractivity contribution >= 4 is 39.1 Å². The Bertz CT molecular complexity index is 826. The van der Waals surface area contributed by atoms with Gasteiger partial charge in [0.25, 0.3) is 0 Å². The van der Waals surface area contributed by atoms with Gasteiger partial charge in [-0.2, -0.15) is 4.31 Å². The first kappa shape index (κ1) is 20.9. The fourth-order valence-electron chi connectivity index (χ4n) is 4.20. The molecule has 3 rings (SSSR count). The third-order valence-corrected chi connectivity index (χ3v) is 8.76. The molecule has 2 aliphatic heterocycles. The number of amides is 1. The molecule has 0 saturated carbocycles. The number of carbonyl (C=O) groups excluding carboxylic acids is 1. The lowest BCUT2D eigenvalue weighted by Crippen LogP contribution is -2.51. The van der Waals surface area contributed by atoms with Crippen molar-refractivity contribution in [3.8, 4) is 0 Å². The first-order chi connectivity index (χ1) is 12.6. The Morgan fingerprint density at radius 2 is 1.78 bits per heavy atom. The van der Waals surface area contributed by atoms with Crippen LogP contribution in [0.5, 0.6) is 0 Å². The molecule has 1 unspecified atom stereocenters. The van der Waals surface area contributed by atoms with Crippen LogP contribution in [0.1, 0.15) is 36.8 Å². The number of nitrogens with two attached hydrogens (primary N) is 1. The van der Waals surface area contributed by atoms with E-state index in [0.717, 1.165) is 19.4 Å². The summed E-state index contributed by atoms with van der Waals surface area (Å²) in [5.41, 5.74) is 6.63. The second-order valence-corrected chi connectivity index (χ2v) is 10.0. The fourth-order valence-corrected chi connectivity index (χ4v) is 6.83. The molecule has 1 amide bonds. The Balaban J connectivity index is 1.79. The molecule has 0 aliphatic carbocycles. The SMILES string of the molecule is Cc1cc(Cl)c(C)c(S(=O)(=O)N2CCC(N3CCCC3C(N)=O)CC2)c1Cl. The first-order valence-electron chi connectivity index (χ1n) is 9.15. The van der Waals surface area contributed by atoms with Gasteiger partial charge in [0.1, 0.15) is 4.90 Å². The monoisotopic (exact) mass is 433 g/mol. The average molecular weight is 434 g/mol. The molecule has 1 aromatic carbocycles. The summed E-state index contributed by atoms with van der Waals surface area (Å²) in [6.07, 6.45) is 3.06. The molecule has 0 spiro atoms. The number of benzene rings is 1. The predicted octanol–water partition coefficient (Wildman–Crippen LogP) is 2.71. The maximum atomic E-state index is 13.2. The van der Waals surface area contributed by atoms with Crippen molar-refractivity contribution in [2.45, 2.75) is 56.5 Å². The number of aryl methyl sites for hydroxylation is 1.